The maximum absolute atomic E-state index is 12.6. The van der Waals surface area contributed by atoms with Crippen LogP contribution in [-0.4, -0.2) is 19.7 Å². The summed E-state index contributed by atoms with van der Waals surface area (Å²) in [4.78, 5) is 14.7. The monoisotopic (exact) mass is 374 g/mol. The van der Waals surface area contributed by atoms with E-state index in [0.717, 1.165) is 22.6 Å². The Morgan fingerprint density at radius 3 is 2.57 bits per heavy atom. The number of ether oxygens (including phenoxy) is 2. The van der Waals surface area contributed by atoms with Crippen molar-refractivity contribution >= 4 is 11.6 Å². The van der Waals surface area contributed by atoms with Crippen LogP contribution in [0.5, 0.6) is 11.5 Å². The summed E-state index contributed by atoms with van der Waals surface area (Å²) in [6.07, 6.45) is 0. The number of amides is 1. The molecular formula is C23H22N2O3. The Balaban J connectivity index is 1.59. The van der Waals surface area contributed by atoms with E-state index in [0.29, 0.717) is 31.1 Å². The minimum atomic E-state index is -0.111. The van der Waals surface area contributed by atoms with Gasteiger partial charge in [-0.25, -0.2) is 0 Å². The van der Waals surface area contributed by atoms with Gasteiger partial charge in [0.25, 0.3) is 5.91 Å². The van der Waals surface area contributed by atoms with Crippen LogP contribution < -0.4 is 19.7 Å². The van der Waals surface area contributed by atoms with Crippen LogP contribution in [0.1, 0.15) is 21.5 Å². The molecule has 4 rings (SSSR count). The van der Waals surface area contributed by atoms with Gasteiger partial charge in [-0.15, -0.1) is 0 Å². The molecule has 3 aromatic rings. The lowest BCUT2D eigenvalue weighted by molar-refractivity contribution is 0.0942. The van der Waals surface area contributed by atoms with Crippen LogP contribution in [0, 0.1) is 0 Å². The number of hydrogen-bond donors (Lipinski definition) is 1. The lowest BCUT2D eigenvalue weighted by Crippen LogP contribution is -2.43. The van der Waals surface area contributed by atoms with Crippen molar-refractivity contribution in [3.63, 3.8) is 0 Å². The van der Waals surface area contributed by atoms with Crippen LogP contribution in [0.15, 0.2) is 72.8 Å². The smallest absolute Gasteiger partial charge is 0.258 e. The summed E-state index contributed by atoms with van der Waals surface area (Å²) in [5, 5.41) is 2.95. The maximum atomic E-state index is 12.6. The lowest BCUT2D eigenvalue weighted by atomic mass is 10.1. The van der Waals surface area contributed by atoms with E-state index in [1.165, 1.54) is 0 Å². The number of fused-ring (bicyclic) bond motifs is 1. The Hall–Kier alpha value is -3.47. The van der Waals surface area contributed by atoms with Crippen LogP contribution >= 0.6 is 0 Å². The zero-order valence-electron chi connectivity index (χ0n) is 15.7. The Kier molecular flexibility index (Phi) is 5.15. The van der Waals surface area contributed by atoms with Gasteiger partial charge in [0.15, 0.2) is 0 Å². The second kappa shape index (κ2) is 8.05. The third kappa shape index (κ3) is 3.78. The normalized spacial score (nSPS) is 12.9. The molecule has 28 heavy (non-hydrogen) atoms. The Bertz CT molecular complexity index is 973. The van der Waals surface area contributed by atoms with Crippen LogP contribution in [-0.2, 0) is 13.2 Å². The number of hydrogen-bond acceptors (Lipinski definition) is 4. The van der Waals surface area contributed by atoms with Crippen molar-refractivity contribution in [1.82, 2.24) is 5.32 Å². The molecule has 0 bridgehead atoms. The molecular weight excluding hydrogens is 352 g/mol. The predicted octanol–water partition coefficient (Wildman–Crippen LogP) is 3.98. The van der Waals surface area contributed by atoms with Crippen LogP contribution in [0.2, 0.25) is 0 Å². The Morgan fingerprint density at radius 2 is 1.75 bits per heavy atom. The van der Waals surface area contributed by atoms with E-state index in [2.05, 4.69) is 10.2 Å². The van der Waals surface area contributed by atoms with Gasteiger partial charge in [0.1, 0.15) is 23.7 Å². The highest BCUT2D eigenvalue weighted by Crippen LogP contribution is 2.33. The van der Waals surface area contributed by atoms with Gasteiger partial charge in [-0.2, -0.15) is 0 Å². The summed E-state index contributed by atoms with van der Waals surface area (Å²) < 4.78 is 11.3. The number of methoxy groups -OCH3 is 1. The third-order valence-electron chi connectivity index (χ3n) is 4.75. The number of benzene rings is 3. The van der Waals surface area contributed by atoms with Gasteiger partial charge in [-0.3, -0.25) is 4.79 Å². The van der Waals surface area contributed by atoms with Crippen molar-refractivity contribution in [1.29, 1.82) is 0 Å². The fraction of sp³-hybridized carbons (Fsp3) is 0.174. The average Bonchev–Trinajstić information content (AvgIpc) is 2.75. The molecule has 1 heterocycles. The van der Waals surface area contributed by atoms with Crippen molar-refractivity contribution in [2.45, 2.75) is 13.2 Å². The van der Waals surface area contributed by atoms with Gasteiger partial charge in [-0.1, -0.05) is 48.5 Å². The first-order valence-corrected chi connectivity index (χ1v) is 9.20. The fourth-order valence-electron chi connectivity index (χ4n) is 3.34. The Morgan fingerprint density at radius 1 is 0.964 bits per heavy atom. The minimum Gasteiger partial charge on any atom is -0.497 e. The van der Waals surface area contributed by atoms with Gasteiger partial charge < -0.3 is 19.7 Å². The molecule has 142 valence electrons. The molecule has 1 N–H and O–H groups in total. The molecule has 0 saturated carbocycles. The van der Waals surface area contributed by atoms with Gasteiger partial charge >= 0.3 is 0 Å². The molecule has 1 aliphatic rings. The summed E-state index contributed by atoms with van der Waals surface area (Å²) in [5.74, 6) is 1.30. The van der Waals surface area contributed by atoms with Crippen LogP contribution in [0.25, 0.3) is 0 Å². The summed E-state index contributed by atoms with van der Waals surface area (Å²) in [7, 11) is 1.66. The summed E-state index contributed by atoms with van der Waals surface area (Å²) in [6.45, 7) is 1.53. The Labute approximate surface area is 164 Å². The molecule has 0 saturated heterocycles. The number of carbonyl (C=O) groups is 1. The molecule has 0 spiro atoms. The molecule has 0 radical (unpaired) electrons. The van der Waals surface area contributed by atoms with Gasteiger partial charge in [0, 0.05) is 6.54 Å². The number of anilines is 1. The van der Waals surface area contributed by atoms with Gasteiger partial charge in [0.2, 0.25) is 0 Å². The summed E-state index contributed by atoms with van der Waals surface area (Å²) in [5.41, 5.74) is 3.62. The molecule has 0 unspecified atom stereocenters. The van der Waals surface area contributed by atoms with Crippen molar-refractivity contribution in [2.24, 2.45) is 0 Å². The zero-order valence-corrected chi connectivity index (χ0v) is 15.7. The molecule has 0 fully saturated rings. The average molecular weight is 374 g/mol. The third-order valence-corrected chi connectivity index (χ3v) is 4.75. The molecule has 0 atom stereocenters. The van der Waals surface area contributed by atoms with Crippen molar-refractivity contribution in [3.8, 4) is 11.5 Å². The van der Waals surface area contributed by atoms with E-state index >= 15 is 0 Å². The second-order valence-corrected chi connectivity index (χ2v) is 6.64. The van der Waals surface area contributed by atoms with Crippen LogP contribution in [0.4, 0.5) is 5.69 Å². The van der Waals surface area contributed by atoms with Crippen LogP contribution in [0.3, 0.4) is 0 Å². The fourth-order valence-corrected chi connectivity index (χ4v) is 3.34. The van der Waals surface area contributed by atoms with E-state index in [1.807, 2.05) is 72.8 Å². The maximum Gasteiger partial charge on any atom is 0.258 e. The van der Waals surface area contributed by atoms with Gasteiger partial charge in [-0.05, 0) is 35.4 Å². The lowest BCUT2D eigenvalue weighted by Gasteiger charge is -2.32. The highest BCUT2D eigenvalue weighted by Gasteiger charge is 2.26. The first-order valence-electron chi connectivity index (χ1n) is 9.20. The molecule has 5 heteroatoms. The standard InChI is InChI=1S/C23H22N2O3/c1-27-19-10-5-9-18(13-19)14-25-16-24-23(26)22-20(25)11-6-12-21(22)28-15-17-7-3-2-4-8-17/h2-13H,14-16H2,1H3,(H,24,26). The largest absolute Gasteiger partial charge is 0.497 e. The first-order chi connectivity index (χ1) is 13.7. The van der Waals surface area contributed by atoms with Crippen molar-refractivity contribution in [3.05, 3.63) is 89.5 Å². The van der Waals surface area contributed by atoms with E-state index < -0.39 is 0 Å². The number of rotatable bonds is 6. The van der Waals surface area contributed by atoms with Crippen molar-refractivity contribution < 1.29 is 14.3 Å². The first kappa shape index (κ1) is 17.9. The summed E-state index contributed by atoms with van der Waals surface area (Å²) in [6, 6.07) is 23.6. The highest BCUT2D eigenvalue weighted by atomic mass is 16.5. The van der Waals surface area contributed by atoms with E-state index in [4.69, 9.17) is 9.47 Å². The molecule has 0 aromatic heterocycles. The minimum absolute atomic E-state index is 0.111. The van der Waals surface area contributed by atoms with E-state index in [-0.39, 0.29) is 5.91 Å². The van der Waals surface area contributed by atoms with Gasteiger partial charge in [0.05, 0.1) is 19.5 Å². The number of carbonyl (C=O) groups excluding carboxylic acids is 1. The molecule has 5 nitrogen and oxygen atoms in total. The molecule has 3 aromatic carbocycles. The highest BCUT2D eigenvalue weighted by molar-refractivity contribution is 6.04. The van der Waals surface area contributed by atoms with E-state index in [1.54, 1.807) is 7.11 Å². The topological polar surface area (TPSA) is 50.8 Å². The molecule has 1 amide bonds. The summed E-state index contributed by atoms with van der Waals surface area (Å²) >= 11 is 0. The number of nitrogens with zero attached hydrogens (tertiary/aromatic N) is 1. The molecule has 1 aliphatic heterocycles. The SMILES string of the molecule is COc1cccc(CN2CNC(=O)c3c(OCc4ccccc4)cccc32)c1. The van der Waals surface area contributed by atoms with E-state index in [9.17, 15) is 4.79 Å². The predicted molar refractivity (Wildman–Crippen MR) is 109 cm³/mol. The number of nitrogens with one attached hydrogen (secondary N) is 1. The van der Waals surface area contributed by atoms with Crippen molar-refractivity contribution in [2.75, 3.05) is 18.7 Å². The second-order valence-electron chi connectivity index (χ2n) is 6.64. The quantitative estimate of drug-likeness (QED) is 0.709. The molecule has 0 aliphatic carbocycles. The zero-order chi connectivity index (χ0) is 19.3.